The van der Waals surface area contributed by atoms with E-state index >= 15 is 0 Å². The third-order valence-electron chi connectivity index (χ3n) is 0.542. The summed E-state index contributed by atoms with van der Waals surface area (Å²) < 4.78 is 0. The van der Waals surface area contributed by atoms with E-state index in [4.69, 9.17) is 17.9 Å². The summed E-state index contributed by atoms with van der Waals surface area (Å²) in [5.74, 6) is -0.914. The fraction of sp³-hybridized carbons (Fsp3) is 0.167. The Balaban J connectivity index is -0.000000177. The Labute approximate surface area is 139 Å². The summed E-state index contributed by atoms with van der Waals surface area (Å²) in [7, 11) is 0. The van der Waals surface area contributed by atoms with E-state index in [1.54, 1.807) is 12.2 Å². The fourth-order valence-corrected chi connectivity index (χ4v) is 0.249. The van der Waals surface area contributed by atoms with Crippen molar-refractivity contribution in [3.8, 4) is 0 Å². The molecular formula is C6H9CaCl2KO2. The van der Waals surface area contributed by atoms with E-state index in [9.17, 15) is 4.79 Å². The van der Waals surface area contributed by atoms with E-state index < -0.39 is 36.8 Å². The number of halogens is 2. The second-order valence-electron chi connectivity index (χ2n) is 1.32. The van der Waals surface area contributed by atoms with Gasteiger partial charge in [-0.25, -0.2) is 4.79 Å². The molecule has 0 spiro atoms. The van der Waals surface area contributed by atoms with E-state index in [1.807, 2.05) is 6.92 Å². The first-order chi connectivity index (χ1) is 5.18. The fourth-order valence-electron chi connectivity index (χ4n) is 0.249. The zero-order chi connectivity index (χ0) is 9.11. The van der Waals surface area contributed by atoms with E-state index in [0.717, 1.165) is 6.08 Å². The van der Waals surface area contributed by atoms with Crippen LogP contribution in [0.5, 0.6) is 0 Å². The van der Waals surface area contributed by atoms with Crippen molar-refractivity contribution in [2.45, 2.75) is 6.92 Å². The molecule has 0 radical (unpaired) electrons. The van der Waals surface area contributed by atoms with Crippen LogP contribution in [0.1, 0.15) is 6.92 Å². The van der Waals surface area contributed by atoms with Gasteiger partial charge in [0.05, 0.1) is 0 Å². The predicted octanol–water partition coefficient (Wildman–Crippen LogP) is 1.55. The zero-order valence-electron chi connectivity index (χ0n) is 6.13. The van der Waals surface area contributed by atoms with Crippen LogP contribution in [0, 0.1) is 0 Å². The van der Waals surface area contributed by atoms with Crippen molar-refractivity contribution in [2.75, 3.05) is 0 Å². The molecule has 62 valence electrons. The molecule has 0 heterocycles. The predicted molar refractivity (Wildman–Crippen MR) is 56.2 cm³/mol. The van der Waals surface area contributed by atoms with Crippen LogP contribution >= 0.6 is 12.8 Å². The number of aliphatic carboxylic acids is 1. The first-order valence-electron chi connectivity index (χ1n) is 2.83. The van der Waals surface area contributed by atoms with Gasteiger partial charge in [-0.15, -0.1) is 0 Å². The van der Waals surface area contributed by atoms with Crippen LogP contribution in [0.2, 0.25) is 0 Å². The number of carboxylic acid groups (broad SMARTS) is 1. The van der Waals surface area contributed by atoms with Crippen LogP contribution in [0.25, 0.3) is 0 Å². The normalized spacial score (nSPS) is 8.25. The first kappa shape index (κ1) is 19.9. The Hall–Kier alpha value is 2.43. The molecule has 0 aliphatic carbocycles. The molecule has 0 bridgehead atoms. The van der Waals surface area contributed by atoms with Crippen LogP contribution in [-0.4, -0.2) is 93.3 Å². The van der Waals surface area contributed by atoms with Crippen molar-refractivity contribution in [3.63, 3.8) is 0 Å². The molecule has 0 atom stereocenters. The van der Waals surface area contributed by atoms with Crippen LogP contribution in [0.15, 0.2) is 24.3 Å². The van der Waals surface area contributed by atoms with Gasteiger partial charge in [0.1, 0.15) is 0 Å². The third kappa shape index (κ3) is 29.4. The molecule has 0 aliphatic rings. The second-order valence-corrected chi connectivity index (χ2v) is 4.97. The number of carboxylic acids is 1. The van der Waals surface area contributed by atoms with Crippen molar-refractivity contribution >= 4 is 101 Å². The first-order valence-corrected chi connectivity index (χ1v) is 8.91. The molecular weight excluding hydrogens is 254 g/mol. The van der Waals surface area contributed by atoms with Gasteiger partial charge < -0.3 is 5.11 Å². The summed E-state index contributed by atoms with van der Waals surface area (Å²) in [6, 6.07) is 0. The molecule has 0 aromatic rings. The summed E-state index contributed by atoms with van der Waals surface area (Å²) >= 11 is -0.931. The van der Waals surface area contributed by atoms with Gasteiger partial charge in [0, 0.05) is 6.08 Å². The Morgan fingerprint density at radius 2 is 1.83 bits per heavy atom. The topological polar surface area (TPSA) is 37.3 Å². The van der Waals surface area contributed by atoms with Crippen LogP contribution in [0.4, 0.5) is 0 Å². The molecule has 1 N–H and O–H groups in total. The second kappa shape index (κ2) is 19.1. The van der Waals surface area contributed by atoms with Gasteiger partial charge in [-0.05, 0) is 6.92 Å². The quantitative estimate of drug-likeness (QED) is 0.466. The molecule has 12 heavy (non-hydrogen) atoms. The number of hydrogen-bond donors (Lipinski definition) is 1. The molecule has 0 rings (SSSR count). The van der Waals surface area contributed by atoms with E-state index in [2.05, 4.69) is 0 Å². The average molecular weight is 263 g/mol. The average Bonchev–Trinajstić information content (AvgIpc) is 1.89. The third-order valence-corrected chi connectivity index (χ3v) is 0.542. The van der Waals surface area contributed by atoms with Gasteiger partial charge in [-0.1, -0.05) is 18.2 Å². The Morgan fingerprint density at radius 3 is 2.08 bits per heavy atom. The van der Waals surface area contributed by atoms with Crippen molar-refractivity contribution in [2.24, 2.45) is 0 Å². The van der Waals surface area contributed by atoms with Gasteiger partial charge in [0.25, 0.3) is 0 Å². The Bertz CT molecular complexity index is 150. The van der Waals surface area contributed by atoms with Crippen molar-refractivity contribution < 1.29 is 9.90 Å². The van der Waals surface area contributed by atoms with E-state index in [-0.39, 0.29) is 51.4 Å². The van der Waals surface area contributed by atoms with Gasteiger partial charge in [0.2, 0.25) is 0 Å². The zero-order valence-corrected chi connectivity index (χ0v) is 9.85. The molecule has 0 fully saturated rings. The molecule has 0 amide bonds. The molecule has 2 nitrogen and oxygen atoms in total. The summed E-state index contributed by atoms with van der Waals surface area (Å²) in [4.78, 5) is 9.75. The van der Waals surface area contributed by atoms with Gasteiger partial charge in [-0.3, -0.25) is 0 Å². The number of rotatable bonds is 2. The molecule has 0 aromatic heterocycles. The number of hydrogen-bond acceptors (Lipinski definition) is 1. The maximum atomic E-state index is 9.75. The molecule has 0 unspecified atom stereocenters. The van der Waals surface area contributed by atoms with E-state index in [1.165, 1.54) is 6.08 Å². The van der Waals surface area contributed by atoms with Crippen molar-refractivity contribution in [1.29, 1.82) is 0 Å². The van der Waals surface area contributed by atoms with Gasteiger partial charge >= 0.3 is 101 Å². The van der Waals surface area contributed by atoms with Gasteiger partial charge in [-0.2, -0.15) is 0 Å². The Kier molecular flexibility index (Phi) is 31.7. The minimum absolute atomic E-state index is 0. The summed E-state index contributed by atoms with van der Waals surface area (Å²) in [5.41, 5.74) is 0. The molecule has 0 saturated heterocycles. The maximum absolute atomic E-state index is 9.75. The SMILES string of the molecule is C/C=C/C=C/C(=O)O.[Cl][Ca][Cl].[KH]. The van der Waals surface area contributed by atoms with Crippen LogP contribution < -0.4 is 0 Å². The number of allylic oxidation sites excluding steroid dienone is 3. The number of carbonyl (C=O) groups is 1. The summed E-state index contributed by atoms with van der Waals surface area (Å²) in [6.07, 6.45) is 15.9. The molecule has 0 aliphatic heterocycles. The van der Waals surface area contributed by atoms with Crippen molar-refractivity contribution in [3.05, 3.63) is 24.3 Å². The molecule has 0 aromatic carbocycles. The van der Waals surface area contributed by atoms with Gasteiger partial charge in [0.15, 0.2) is 0 Å². The summed E-state index contributed by atoms with van der Waals surface area (Å²) in [6.45, 7) is 1.83. The van der Waals surface area contributed by atoms with E-state index in [0.29, 0.717) is 0 Å². The van der Waals surface area contributed by atoms with Crippen LogP contribution in [-0.2, 0) is 4.79 Å². The molecule has 0 saturated carbocycles. The van der Waals surface area contributed by atoms with Crippen LogP contribution in [0.3, 0.4) is 0 Å². The monoisotopic (exact) mass is 262 g/mol. The minimum atomic E-state index is -0.931. The molecule has 6 heteroatoms. The summed E-state index contributed by atoms with van der Waals surface area (Å²) in [5, 5.41) is 8.02. The van der Waals surface area contributed by atoms with Crippen molar-refractivity contribution in [1.82, 2.24) is 0 Å². The standard InChI is InChI=1S/C6H8O2.Ca.2ClH.K.H/c1-2-3-4-5-6(7)8;;;;;/h2-5H,1H3,(H,7,8);;2*1H;;/q;+2;;;;/p-2/b3-2+,5-4+;;;;;. The Morgan fingerprint density at radius 1 is 1.42 bits per heavy atom.